The van der Waals surface area contributed by atoms with Gasteiger partial charge in [0.1, 0.15) is 16.6 Å². The number of nitriles is 1. The number of anilines is 1. The zero-order chi connectivity index (χ0) is 22.0. The number of benzene rings is 1. The third-order valence-corrected chi connectivity index (χ3v) is 6.68. The number of nitrogens with one attached hydrogen (secondary N) is 2. The van der Waals surface area contributed by atoms with Gasteiger partial charge in [0.15, 0.2) is 0 Å². The predicted octanol–water partition coefficient (Wildman–Crippen LogP) is 5.14. The molecule has 0 bridgehead atoms. The highest BCUT2D eigenvalue weighted by molar-refractivity contribution is 7.17. The van der Waals surface area contributed by atoms with E-state index in [1.54, 1.807) is 13.0 Å². The van der Waals surface area contributed by atoms with Crippen LogP contribution in [-0.2, 0) is 22.4 Å². The summed E-state index contributed by atoms with van der Waals surface area (Å²) in [5, 5.41) is 13.9. The number of aromatic amines is 1. The van der Waals surface area contributed by atoms with Crippen molar-refractivity contribution in [1.82, 2.24) is 4.98 Å². The number of hydrogen-bond donors (Lipinski definition) is 2. The number of nitrogens with zero attached hydrogens (tertiary/aromatic N) is 1. The standard InChI is InChI=1S/C24H23N3O3S/c1-3-30-24(29)21-17-9-5-7-11-20(17)31-23(21)27-22(28)15(13-25)12-18-14(2)26-19-10-6-4-8-16(18)19/h4,6,8,10,12,26H,3,5,7,9,11H2,1-2H3,(H,27,28)/b15-12-. The summed E-state index contributed by atoms with van der Waals surface area (Å²) in [5.74, 6) is -0.955. The number of aromatic nitrogens is 1. The quantitative estimate of drug-likeness (QED) is 0.331. The SMILES string of the molecule is CCOC(=O)c1c(NC(=O)/C(C#N)=C\c2c(C)[nH]c3ccccc23)sc2c1CCCC2. The van der Waals surface area contributed by atoms with Crippen molar-refractivity contribution in [2.24, 2.45) is 0 Å². The molecule has 7 heteroatoms. The predicted molar refractivity (Wildman–Crippen MR) is 122 cm³/mol. The Kier molecular flexibility index (Phi) is 5.92. The molecule has 3 aromatic rings. The van der Waals surface area contributed by atoms with Gasteiger partial charge in [0.2, 0.25) is 0 Å². The number of aryl methyl sites for hydroxylation is 2. The maximum atomic E-state index is 13.0. The van der Waals surface area contributed by atoms with Crippen LogP contribution in [0.3, 0.4) is 0 Å². The van der Waals surface area contributed by atoms with Crippen molar-refractivity contribution >= 4 is 45.2 Å². The number of fused-ring (bicyclic) bond motifs is 2. The first-order valence-electron chi connectivity index (χ1n) is 10.4. The summed E-state index contributed by atoms with van der Waals surface area (Å²) in [6, 6.07) is 9.76. The van der Waals surface area contributed by atoms with Crippen LogP contribution in [0.1, 0.15) is 51.8 Å². The molecule has 0 atom stereocenters. The number of hydrogen-bond acceptors (Lipinski definition) is 5. The lowest BCUT2D eigenvalue weighted by Crippen LogP contribution is -2.16. The van der Waals surface area contributed by atoms with Gasteiger partial charge in [-0.2, -0.15) is 5.26 Å². The number of thiophene rings is 1. The second-order valence-corrected chi connectivity index (χ2v) is 8.57. The fourth-order valence-corrected chi connectivity index (χ4v) is 5.29. The number of carbonyl (C=O) groups is 2. The second kappa shape index (κ2) is 8.78. The van der Waals surface area contributed by atoms with Crippen LogP contribution in [0.5, 0.6) is 0 Å². The molecule has 0 spiro atoms. The molecule has 31 heavy (non-hydrogen) atoms. The molecule has 1 aliphatic carbocycles. The van der Waals surface area contributed by atoms with E-state index in [0.29, 0.717) is 10.6 Å². The Morgan fingerprint density at radius 2 is 2.06 bits per heavy atom. The van der Waals surface area contributed by atoms with E-state index in [-0.39, 0.29) is 12.2 Å². The molecule has 4 rings (SSSR count). The van der Waals surface area contributed by atoms with Crippen LogP contribution in [-0.4, -0.2) is 23.5 Å². The summed E-state index contributed by atoms with van der Waals surface area (Å²) in [6.45, 7) is 3.93. The molecule has 0 aliphatic heterocycles. The molecule has 158 valence electrons. The summed E-state index contributed by atoms with van der Waals surface area (Å²) >= 11 is 1.41. The van der Waals surface area contributed by atoms with Gasteiger partial charge in [-0.3, -0.25) is 4.79 Å². The van der Waals surface area contributed by atoms with E-state index in [4.69, 9.17) is 4.74 Å². The molecule has 6 nitrogen and oxygen atoms in total. The molecule has 2 aromatic heterocycles. The molecule has 1 aliphatic rings. The van der Waals surface area contributed by atoms with Crippen LogP contribution in [0.15, 0.2) is 29.8 Å². The first kappa shape index (κ1) is 20.9. The average Bonchev–Trinajstić information content (AvgIpc) is 3.28. The van der Waals surface area contributed by atoms with Gasteiger partial charge >= 0.3 is 5.97 Å². The van der Waals surface area contributed by atoms with Gasteiger partial charge in [-0.1, -0.05) is 18.2 Å². The molecule has 0 saturated heterocycles. The number of ether oxygens (including phenoxy) is 1. The zero-order valence-electron chi connectivity index (χ0n) is 17.5. The molecule has 0 radical (unpaired) electrons. The maximum absolute atomic E-state index is 13.0. The molecule has 2 N–H and O–H groups in total. The van der Waals surface area contributed by atoms with Gasteiger partial charge in [0.25, 0.3) is 5.91 Å². The molecule has 2 heterocycles. The first-order valence-corrected chi connectivity index (χ1v) is 11.2. The number of para-hydroxylation sites is 1. The van der Waals surface area contributed by atoms with Gasteiger partial charge in [0.05, 0.1) is 12.2 Å². The zero-order valence-corrected chi connectivity index (χ0v) is 18.3. The number of H-pyrrole nitrogens is 1. The normalized spacial score (nSPS) is 13.5. The summed E-state index contributed by atoms with van der Waals surface area (Å²) in [4.78, 5) is 30.0. The Morgan fingerprint density at radius 1 is 1.29 bits per heavy atom. The third-order valence-electron chi connectivity index (χ3n) is 5.48. The van der Waals surface area contributed by atoms with Crippen molar-refractivity contribution < 1.29 is 14.3 Å². The lowest BCUT2D eigenvalue weighted by atomic mass is 9.95. The van der Waals surface area contributed by atoms with Crippen molar-refractivity contribution in [3.05, 3.63) is 57.1 Å². The van der Waals surface area contributed by atoms with E-state index in [9.17, 15) is 14.9 Å². The highest BCUT2D eigenvalue weighted by Gasteiger charge is 2.28. The highest BCUT2D eigenvalue weighted by atomic mass is 32.1. The molecular weight excluding hydrogens is 410 g/mol. The van der Waals surface area contributed by atoms with Gasteiger partial charge in [-0.05, 0) is 57.2 Å². The van der Waals surface area contributed by atoms with E-state index in [1.165, 1.54) is 11.3 Å². The fourth-order valence-electron chi connectivity index (χ4n) is 4.02. The Bertz CT molecular complexity index is 1240. The minimum absolute atomic E-state index is 0.0194. The molecule has 0 saturated carbocycles. The number of esters is 1. The van der Waals surface area contributed by atoms with Gasteiger partial charge in [0, 0.05) is 27.0 Å². The lowest BCUT2D eigenvalue weighted by Gasteiger charge is -2.12. The monoisotopic (exact) mass is 433 g/mol. The first-order chi connectivity index (χ1) is 15.0. The van der Waals surface area contributed by atoms with Gasteiger partial charge < -0.3 is 15.0 Å². The molecule has 1 amide bonds. The maximum Gasteiger partial charge on any atom is 0.341 e. The topological polar surface area (TPSA) is 95.0 Å². The number of amides is 1. The fraction of sp³-hybridized carbons (Fsp3) is 0.292. The second-order valence-electron chi connectivity index (χ2n) is 7.47. The van der Waals surface area contributed by atoms with Crippen molar-refractivity contribution in [3.8, 4) is 6.07 Å². The van der Waals surface area contributed by atoms with E-state index >= 15 is 0 Å². The summed E-state index contributed by atoms with van der Waals surface area (Å²) < 4.78 is 5.24. The molecular formula is C24H23N3O3S. The Labute approximate surface area is 184 Å². The van der Waals surface area contributed by atoms with Crippen LogP contribution in [0.25, 0.3) is 17.0 Å². The van der Waals surface area contributed by atoms with Crippen molar-refractivity contribution in [1.29, 1.82) is 5.26 Å². The smallest absolute Gasteiger partial charge is 0.341 e. The molecule has 0 fully saturated rings. The molecule has 1 aromatic carbocycles. The van der Waals surface area contributed by atoms with Gasteiger partial charge in [-0.15, -0.1) is 11.3 Å². The summed E-state index contributed by atoms with van der Waals surface area (Å²) in [5.41, 5.74) is 4.02. The van der Waals surface area contributed by atoms with E-state index in [1.807, 2.05) is 37.3 Å². The number of carbonyl (C=O) groups excluding carboxylic acids is 2. The minimum Gasteiger partial charge on any atom is -0.462 e. The Balaban J connectivity index is 1.69. The third kappa shape index (κ3) is 3.99. The Morgan fingerprint density at radius 3 is 2.84 bits per heavy atom. The van der Waals surface area contributed by atoms with Crippen molar-refractivity contribution in [3.63, 3.8) is 0 Å². The van der Waals surface area contributed by atoms with Crippen LogP contribution < -0.4 is 5.32 Å². The van der Waals surface area contributed by atoms with Crippen LogP contribution >= 0.6 is 11.3 Å². The Hall–Kier alpha value is -3.37. The van der Waals surface area contributed by atoms with Gasteiger partial charge in [-0.25, -0.2) is 4.79 Å². The van der Waals surface area contributed by atoms with Crippen molar-refractivity contribution in [2.75, 3.05) is 11.9 Å². The highest BCUT2D eigenvalue weighted by Crippen LogP contribution is 2.39. The van der Waals surface area contributed by atoms with Crippen LogP contribution in [0.4, 0.5) is 5.00 Å². The molecule has 0 unspecified atom stereocenters. The lowest BCUT2D eigenvalue weighted by molar-refractivity contribution is -0.112. The van der Waals surface area contributed by atoms with E-state index in [2.05, 4.69) is 10.3 Å². The van der Waals surface area contributed by atoms with Crippen LogP contribution in [0.2, 0.25) is 0 Å². The van der Waals surface area contributed by atoms with E-state index < -0.39 is 11.9 Å². The number of rotatable bonds is 5. The van der Waals surface area contributed by atoms with E-state index in [0.717, 1.165) is 58.3 Å². The average molecular weight is 434 g/mol. The largest absolute Gasteiger partial charge is 0.462 e. The van der Waals surface area contributed by atoms with Crippen LogP contribution in [0, 0.1) is 18.3 Å². The van der Waals surface area contributed by atoms with Crippen molar-refractivity contribution in [2.45, 2.75) is 39.5 Å². The summed E-state index contributed by atoms with van der Waals surface area (Å²) in [7, 11) is 0. The minimum atomic E-state index is -0.531. The summed E-state index contributed by atoms with van der Waals surface area (Å²) in [6.07, 6.45) is 5.35.